The van der Waals surface area contributed by atoms with E-state index in [1.54, 1.807) is 0 Å². The first-order valence-corrected chi connectivity index (χ1v) is 8.35. The van der Waals surface area contributed by atoms with Crippen LogP contribution in [0.25, 0.3) is 0 Å². The van der Waals surface area contributed by atoms with Gasteiger partial charge in [0.15, 0.2) is 5.84 Å². The average Bonchev–Trinajstić information content (AvgIpc) is 3.09. The van der Waals surface area contributed by atoms with Crippen LogP contribution in [0.1, 0.15) is 16.7 Å². The molecule has 0 fully saturated rings. The van der Waals surface area contributed by atoms with E-state index in [4.69, 9.17) is 5.10 Å². The lowest BCUT2D eigenvalue weighted by Gasteiger charge is -2.28. The molecule has 3 aromatic rings. The number of nitrogens with one attached hydrogen (secondary N) is 1. The summed E-state index contributed by atoms with van der Waals surface area (Å²) < 4.78 is 0. The molecule has 4 heteroatoms. The zero-order valence-corrected chi connectivity index (χ0v) is 14.3. The molecule has 1 N–H and O–H groups in total. The molecule has 1 heterocycles. The van der Waals surface area contributed by atoms with Crippen LogP contribution in [0.3, 0.4) is 0 Å². The van der Waals surface area contributed by atoms with Crippen molar-refractivity contribution >= 4 is 17.2 Å². The highest BCUT2D eigenvalue weighted by Crippen LogP contribution is 2.26. The SMILES string of the molecule is Cc1ccc(N2N=C(c3ccccc3)NN2c2ccc(C)cc2)cc1. The van der Waals surface area contributed by atoms with Crippen LogP contribution < -0.4 is 15.7 Å². The molecule has 0 aromatic heterocycles. The second kappa shape index (κ2) is 6.32. The van der Waals surface area contributed by atoms with Gasteiger partial charge in [-0.25, -0.2) is 0 Å². The molecule has 124 valence electrons. The van der Waals surface area contributed by atoms with Crippen LogP contribution in [0.15, 0.2) is 84.0 Å². The van der Waals surface area contributed by atoms with Gasteiger partial charge in [-0.3, -0.25) is 5.43 Å². The van der Waals surface area contributed by atoms with Crippen molar-refractivity contribution in [3.05, 3.63) is 95.6 Å². The molecule has 0 atom stereocenters. The van der Waals surface area contributed by atoms with Crippen molar-refractivity contribution in [3.8, 4) is 0 Å². The number of aryl methyl sites for hydroxylation is 2. The fourth-order valence-electron chi connectivity index (χ4n) is 2.74. The van der Waals surface area contributed by atoms with E-state index in [9.17, 15) is 0 Å². The van der Waals surface area contributed by atoms with Crippen molar-refractivity contribution in [3.63, 3.8) is 0 Å². The average molecular weight is 328 g/mol. The van der Waals surface area contributed by atoms with Gasteiger partial charge in [0, 0.05) is 5.56 Å². The number of hydrogen-bond donors (Lipinski definition) is 1. The van der Waals surface area contributed by atoms with Gasteiger partial charge in [0.2, 0.25) is 0 Å². The summed E-state index contributed by atoms with van der Waals surface area (Å²) in [4.78, 5) is 0. The van der Waals surface area contributed by atoms with Crippen LogP contribution >= 0.6 is 0 Å². The summed E-state index contributed by atoms with van der Waals surface area (Å²) >= 11 is 0. The van der Waals surface area contributed by atoms with E-state index in [1.165, 1.54) is 11.1 Å². The predicted molar refractivity (Wildman–Crippen MR) is 103 cm³/mol. The first-order chi connectivity index (χ1) is 12.2. The Morgan fingerprint density at radius 2 is 1.24 bits per heavy atom. The molecule has 0 bridgehead atoms. The number of hydrazine groups is 2. The molecule has 0 unspecified atom stereocenters. The number of rotatable bonds is 3. The monoisotopic (exact) mass is 328 g/mol. The highest BCUT2D eigenvalue weighted by atomic mass is 15.9. The van der Waals surface area contributed by atoms with Crippen LogP contribution in [-0.4, -0.2) is 5.84 Å². The standard InChI is InChI=1S/C21H20N4/c1-16-8-12-19(13-9-16)24-22-21(18-6-4-3-5-7-18)23-25(24)20-14-10-17(2)11-15-20/h3-15H,1-2H3,(H,22,23). The van der Waals surface area contributed by atoms with E-state index in [2.05, 4.69) is 79.9 Å². The molecule has 0 radical (unpaired) electrons. The predicted octanol–water partition coefficient (Wildman–Crippen LogP) is 4.41. The smallest absolute Gasteiger partial charge is 0.176 e. The molecule has 4 rings (SSSR count). The van der Waals surface area contributed by atoms with Crippen molar-refractivity contribution in [2.75, 3.05) is 10.2 Å². The second-order valence-electron chi connectivity index (χ2n) is 6.20. The van der Waals surface area contributed by atoms with E-state index in [0.29, 0.717) is 0 Å². The number of amidine groups is 1. The molecule has 0 amide bonds. The lowest BCUT2D eigenvalue weighted by Crippen LogP contribution is -2.44. The third kappa shape index (κ3) is 3.06. The van der Waals surface area contributed by atoms with Gasteiger partial charge in [-0.1, -0.05) is 65.7 Å². The zero-order valence-electron chi connectivity index (χ0n) is 14.3. The van der Waals surface area contributed by atoms with Crippen LogP contribution in [-0.2, 0) is 0 Å². The number of hydrogen-bond acceptors (Lipinski definition) is 4. The van der Waals surface area contributed by atoms with Gasteiger partial charge >= 0.3 is 0 Å². The summed E-state index contributed by atoms with van der Waals surface area (Å²) in [5.41, 5.74) is 8.96. The zero-order chi connectivity index (χ0) is 17.2. The summed E-state index contributed by atoms with van der Waals surface area (Å²) in [5, 5.41) is 8.66. The fraction of sp³-hybridized carbons (Fsp3) is 0.0952. The second-order valence-corrected chi connectivity index (χ2v) is 6.20. The molecule has 0 aliphatic carbocycles. The number of hydrazone groups is 1. The Hall–Kier alpha value is -3.27. The fourth-order valence-corrected chi connectivity index (χ4v) is 2.74. The minimum atomic E-state index is 0.821. The van der Waals surface area contributed by atoms with Crippen LogP contribution in [0.2, 0.25) is 0 Å². The lowest BCUT2D eigenvalue weighted by molar-refractivity contribution is 0.770. The van der Waals surface area contributed by atoms with Gasteiger partial charge in [0.05, 0.1) is 11.4 Å². The highest BCUT2D eigenvalue weighted by Gasteiger charge is 2.26. The number of benzene rings is 3. The quantitative estimate of drug-likeness (QED) is 0.772. The number of anilines is 2. The van der Waals surface area contributed by atoms with Gasteiger partial charge in [-0.15, -0.1) is 5.10 Å². The van der Waals surface area contributed by atoms with Gasteiger partial charge < -0.3 is 0 Å². The first-order valence-electron chi connectivity index (χ1n) is 8.35. The topological polar surface area (TPSA) is 30.9 Å². The van der Waals surface area contributed by atoms with Gasteiger partial charge in [0.1, 0.15) is 0 Å². The molecule has 0 spiro atoms. The summed E-state index contributed by atoms with van der Waals surface area (Å²) in [7, 11) is 0. The highest BCUT2D eigenvalue weighted by molar-refractivity contribution is 6.02. The minimum Gasteiger partial charge on any atom is -0.259 e. The molecular formula is C21H20N4. The van der Waals surface area contributed by atoms with E-state index in [-0.39, 0.29) is 0 Å². The Labute approximate surface area is 148 Å². The van der Waals surface area contributed by atoms with Crippen molar-refractivity contribution in [1.29, 1.82) is 0 Å². The van der Waals surface area contributed by atoms with Crippen LogP contribution in [0.4, 0.5) is 11.4 Å². The molecule has 3 aromatic carbocycles. The molecule has 0 saturated heterocycles. The van der Waals surface area contributed by atoms with Crippen molar-refractivity contribution in [2.45, 2.75) is 13.8 Å². The van der Waals surface area contributed by atoms with Crippen LogP contribution in [0.5, 0.6) is 0 Å². The van der Waals surface area contributed by atoms with Crippen molar-refractivity contribution in [2.24, 2.45) is 5.10 Å². The summed E-state index contributed by atoms with van der Waals surface area (Å²) in [6, 6.07) is 26.9. The maximum atomic E-state index is 4.80. The molecular weight excluding hydrogens is 308 g/mol. The number of nitrogens with zero attached hydrogens (tertiary/aromatic N) is 3. The Bertz CT molecular complexity index is 883. The normalized spacial score (nSPS) is 13.6. The summed E-state index contributed by atoms with van der Waals surface area (Å²) in [6.45, 7) is 4.17. The van der Waals surface area contributed by atoms with Gasteiger partial charge in [0.25, 0.3) is 0 Å². The van der Waals surface area contributed by atoms with Crippen LogP contribution in [0, 0.1) is 13.8 Å². The third-order valence-corrected chi connectivity index (χ3v) is 4.19. The molecule has 4 nitrogen and oxygen atoms in total. The van der Waals surface area contributed by atoms with Gasteiger partial charge in [-0.2, -0.15) is 10.2 Å². The lowest BCUT2D eigenvalue weighted by atomic mass is 10.2. The maximum Gasteiger partial charge on any atom is 0.176 e. The Kier molecular flexibility index (Phi) is 3.86. The molecule has 1 aliphatic heterocycles. The first kappa shape index (κ1) is 15.3. The minimum absolute atomic E-state index is 0.821. The van der Waals surface area contributed by atoms with E-state index >= 15 is 0 Å². The molecule has 0 saturated carbocycles. The molecule has 25 heavy (non-hydrogen) atoms. The Morgan fingerprint density at radius 1 is 0.680 bits per heavy atom. The van der Waals surface area contributed by atoms with E-state index < -0.39 is 0 Å². The van der Waals surface area contributed by atoms with Crippen molar-refractivity contribution < 1.29 is 0 Å². The molecule has 1 aliphatic rings. The Morgan fingerprint density at radius 3 is 1.84 bits per heavy atom. The summed E-state index contributed by atoms with van der Waals surface area (Å²) in [6.07, 6.45) is 0. The summed E-state index contributed by atoms with van der Waals surface area (Å²) in [5.74, 6) is 0.821. The van der Waals surface area contributed by atoms with E-state index in [1.807, 2.05) is 28.4 Å². The third-order valence-electron chi connectivity index (χ3n) is 4.19. The Balaban J connectivity index is 1.74. The van der Waals surface area contributed by atoms with E-state index in [0.717, 1.165) is 22.8 Å². The maximum absolute atomic E-state index is 4.80. The van der Waals surface area contributed by atoms with Crippen molar-refractivity contribution in [1.82, 2.24) is 5.43 Å². The largest absolute Gasteiger partial charge is 0.259 e. The van der Waals surface area contributed by atoms with Gasteiger partial charge in [-0.05, 0) is 38.1 Å².